The number of hydrogen-bond acceptors (Lipinski definition) is 3. The molecule has 0 bridgehead atoms. The summed E-state index contributed by atoms with van der Waals surface area (Å²) < 4.78 is 0. The van der Waals surface area contributed by atoms with Crippen molar-refractivity contribution in [2.24, 2.45) is 0 Å². The summed E-state index contributed by atoms with van der Waals surface area (Å²) in [6.45, 7) is 1.76. The lowest BCUT2D eigenvalue weighted by molar-refractivity contribution is 0.0976. The molecule has 0 saturated carbocycles. The Morgan fingerprint density at radius 2 is 1.29 bits per heavy atom. The molecule has 0 atom stereocenters. The van der Waals surface area contributed by atoms with Gasteiger partial charge in [0.2, 0.25) is 0 Å². The second-order valence-corrected chi connectivity index (χ2v) is 5.89. The van der Waals surface area contributed by atoms with Gasteiger partial charge < -0.3 is 5.11 Å². The number of rotatable bonds is 1. The Labute approximate surface area is 139 Å². The van der Waals surface area contributed by atoms with Crippen molar-refractivity contribution in [3.8, 4) is 16.9 Å². The molecule has 116 valence electrons. The zero-order chi connectivity index (χ0) is 16.8. The molecular weight excluding hydrogens is 300 g/mol. The molecule has 0 aliphatic heterocycles. The van der Waals surface area contributed by atoms with E-state index in [0.29, 0.717) is 16.7 Å². The van der Waals surface area contributed by atoms with E-state index in [-0.39, 0.29) is 28.4 Å². The molecule has 0 radical (unpaired) electrons. The number of phenolic OH excluding ortho intramolecular Hbond substituents is 1. The minimum absolute atomic E-state index is 0.107. The van der Waals surface area contributed by atoms with E-state index >= 15 is 0 Å². The van der Waals surface area contributed by atoms with Gasteiger partial charge in [-0.3, -0.25) is 9.59 Å². The Balaban J connectivity index is 2.02. The van der Waals surface area contributed by atoms with Gasteiger partial charge in [-0.15, -0.1) is 0 Å². The van der Waals surface area contributed by atoms with E-state index in [0.717, 1.165) is 11.1 Å². The fourth-order valence-corrected chi connectivity index (χ4v) is 3.25. The second-order valence-electron chi connectivity index (χ2n) is 5.89. The molecule has 0 heterocycles. The smallest absolute Gasteiger partial charge is 0.198 e. The Kier molecular flexibility index (Phi) is 3.10. The number of carbonyl (C=O) groups is 2. The van der Waals surface area contributed by atoms with Crippen LogP contribution < -0.4 is 0 Å². The van der Waals surface area contributed by atoms with Crippen molar-refractivity contribution in [3.05, 3.63) is 88.5 Å². The molecule has 3 nitrogen and oxygen atoms in total. The van der Waals surface area contributed by atoms with Crippen LogP contribution in [0.3, 0.4) is 0 Å². The summed E-state index contributed by atoms with van der Waals surface area (Å²) in [6.07, 6.45) is 0. The zero-order valence-corrected chi connectivity index (χ0v) is 13.0. The third-order valence-electron chi connectivity index (χ3n) is 4.53. The van der Waals surface area contributed by atoms with E-state index in [1.54, 1.807) is 37.3 Å². The van der Waals surface area contributed by atoms with Gasteiger partial charge in [0.05, 0.1) is 5.56 Å². The number of hydrogen-bond donors (Lipinski definition) is 1. The summed E-state index contributed by atoms with van der Waals surface area (Å²) in [5.41, 5.74) is 3.35. The number of fused-ring (bicyclic) bond motifs is 2. The van der Waals surface area contributed by atoms with Gasteiger partial charge in [0.1, 0.15) is 5.75 Å². The van der Waals surface area contributed by atoms with E-state index in [1.165, 1.54) is 0 Å². The van der Waals surface area contributed by atoms with Crippen LogP contribution in [-0.4, -0.2) is 16.7 Å². The van der Waals surface area contributed by atoms with Gasteiger partial charge in [-0.25, -0.2) is 0 Å². The largest absolute Gasteiger partial charge is 0.507 e. The summed E-state index contributed by atoms with van der Waals surface area (Å²) in [7, 11) is 0. The van der Waals surface area contributed by atoms with Crippen molar-refractivity contribution in [2.45, 2.75) is 6.92 Å². The third kappa shape index (κ3) is 1.91. The molecular formula is C21H14O3. The molecule has 0 fully saturated rings. The summed E-state index contributed by atoms with van der Waals surface area (Å²) in [5, 5.41) is 10.6. The minimum atomic E-state index is -0.305. The molecule has 3 aromatic carbocycles. The van der Waals surface area contributed by atoms with Gasteiger partial charge >= 0.3 is 0 Å². The van der Waals surface area contributed by atoms with E-state index in [9.17, 15) is 14.7 Å². The average molecular weight is 314 g/mol. The fraction of sp³-hybridized carbons (Fsp3) is 0.0476. The van der Waals surface area contributed by atoms with E-state index in [1.807, 2.05) is 30.3 Å². The van der Waals surface area contributed by atoms with Gasteiger partial charge in [0.25, 0.3) is 0 Å². The molecule has 1 N–H and O–H groups in total. The lowest BCUT2D eigenvalue weighted by atomic mass is 9.80. The highest BCUT2D eigenvalue weighted by Crippen LogP contribution is 2.39. The van der Waals surface area contributed by atoms with Crippen molar-refractivity contribution in [1.82, 2.24) is 0 Å². The first-order valence-corrected chi connectivity index (χ1v) is 7.70. The maximum Gasteiger partial charge on any atom is 0.198 e. The molecule has 1 aliphatic rings. The number of aromatic hydroxyl groups is 1. The summed E-state index contributed by atoms with van der Waals surface area (Å²) in [6, 6.07) is 18.0. The van der Waals surface area contributed by atoms with Crippen molar-refractivity contribution in [1.29, 1.82) is 0 Å². The van der Waals surface area contributed by atoms with Gasteiger partial charge in [0, 0.05) is 16.7 Å². The zero-order valence-electron chi connectivity index (χ0n) is 13.0. The number of benzene rings is 3. The molecule has 4 rings (SSSR count). The summed E-state index contributed by atoms with van der Waals surface area (Å²) in [5.74, 6) is -0.646. The van der Waals surface area contributed by atoms with Crippen LogP contribution in [0, 0.1) is 6.92 Å². The van der Waals surface area contributed by atoms with Crippen LogP contribution in [0.4, 0.5) is 0 Å². The number of ketones is 2. The van der Waals surface area contributed by atoms with E-state index < -0.39 is 0 Å². The first-order valence-electron chi connectivity index (χ1n) is 7.70. The number of phenols is 1. The Bertz CT molecular complexity index is 1000. The van der Waals surface area contributed by atoms with Crippen LogP contribution in [0.25, 0.3) is 11.1 Å². The normalized spacial score (nSPS) is 12.7. The van der Waals surface area contributed by atoms with Crippen LogP contribution in [-0.2, 0) is 0 Å². The number of carbonyl (C=O) groups excluding carboxylic acids is 2. The Morgan fingerprint density at radius 3 is 1.96 bits per heavy atom. The summed E-state index contributed by atoms with van der Waals surface area (Å²) >= 11 is 0. The first-order chi connectivity index (χ1) is 11.6. The standard InChI is InChI=1S/C21H14O3/c1-12-16(13-7-3-2-4-8-13)11-17-18(19(12)22)21(24)15-10-6-5-9-14(15)20(17)23/h2-11,22H,1H3. The molecule has 3 heteroatoms. The van der Waals surface area contributed by atoms with Crippen LogP contribution in [0.1, 0.15) is 37.4 Å². The monoisotopic (exact) mass is 314 g/mol. The minimum Gasteiger partial charge on any atom is -0.507 e. The Morgan fingerprint density at radius 1 is 0.708 bits per heavy atom. The van der Waals surface area contributed by atoms with Gasteiger partial charge in [-0.1, -0.05) is 54.6 Å². The molecule has 0 saturated heterocycles. The van der Waals surface area contributed by atoms with Crippen LogP contribution in [0.15, 0.2) is 60.7 Å². The van der Waals surface area contributed by atoms with Crippen LogP contribution >= 0.6 is 0 Å². The third-order valence-corrected chi connectivity index (χ3v) is 4.53. The van der Waals surface area contributed by atoms with Crippen molar-refractivity contribution in [2.75, 3.05) is 0 Å². The molecule has 0 amide bonds. The quantitative estimate of drug-likeness (QED) is 0.574. The Hall–Kier alpha value is -3.20. The molecule has 1 aliphatic carbocycles. The molecule has 3 aromatic rings. The van der Waals surface area contributed by atoms with Crippen LogP contribution in [0.5, 0.6) is 5.75 Å². The highest BCUT2D eigenvalue weighted by molar-refractivity contribution is 6.29. The first kappa shape index (κ1) is 14.4. The second kappa shape index (κ2) is 5.17. The van der Waals surface area contributed by atoms with Crippen molar-refractivity contribution >= 4 is 11.6 Å². The molecule has 0 aromatic heterocycles. The lowest BCUT2D eigenvalue weighted by Gasteiger charge is -2.21. The maximum absolute atomic E-state index is 12.8. The highest BCUT2D eigenvalue weighted by atomic mass is 16.3. The topological polar surface area (TPSA) is 54.4 Å². The van der Waals surface area contributed by atoms with Crippen LogP contribution in [0.2, 0.25) is 0 Å². The summed E-state index contributed by atoms with van der Waals surface area (Å²) in [4.78, 5) is 25.6. The molecule has 0 unspecified atom stereocenters. The van der Waals surface area contributed by atoms with Crippen molar-refractivity contribution in [3.63, 3.8) is 0 Å². The average Bonchev–Trinajstić information content (AvgIpc) is 2.62. The predicted molar refractivity (Wildman–Crippen MR) is 91.6 cm³/mol. The van der Waals surface area contributed by atoms with Gasteiger partial charge in [-0.05, 0) is 29.7 Å². The predicted octanol–water partition coefficient (Wildman–Crippen LogP) is 4.14. The molecule has 0 spiro atoms. The van der Waals surface area contributed by atoms with Crippen molar-refractivity contribution < 1.29 is 14.7 Å². The molecule has 24 heavy (non-hydrogen) atoms. The van der Waals surface area contributed by atoms with Gasteiger partial charge in [0.15, 0.2) is 11.6 Å². The maximum atomic E-state index is 12.8. The highest BCUT2D eigenvalue weighted by Gasteiger charge is 2.33. The van der Waals surface area contributed by atoms with E-state index in [4.69, 9.17) is 0 Å². The van der Waals surface area contributed by atoms with E-state index in [2.05, 4.69) is 0 Å². The SMILES string of the molecule is Cc1c(-c2ccccc2)cc2c(c1O)C(=O)c1ccccc1C2=O. The fourth-order valence-electron chi connectivity index (χ4n) is 3.25. The van der Waals surface area contributed by atoms with Gasteiger partial charge in [-0.2, -0.15) is 0 Å². The lowest BCUT2D eigenvalue weighted by Crippen LogP contribution is -2.21.